The molecule has 4 aliphatic rings. The average molecular weight is 604 g/mol. The first-order valence-electron chi connectivity index (χ1n) is 13.7. The maximum absolute atomic E-state index is 12.2. The van der Waals surface area contributed by atoms with Crippen molar-refractivity contribution in [3.05, 3.63) is 79.6 Å². The minimum atomic E-state index is -0.278. The van der Waals surface area contributed by atoms with E-state index >= 15 is 0 Å². The minimum Gasteiger partial charge on any atom is -0.877 e. The molecule has 8 nitrogen and oxygen atoms in total. The molecule has 5 rings (SSSR count). The number of rotatable bonds is 5. The molecule has 0 unspecified atom stereocenters. The number of aliphatic hydroxyl groups is 1. The Bertz CT molecular complexity index is 1680. The summed E-state index contributed by atoms with van der Waals surface area (Å²) >= 11 is 0. The van der Waals surface area contributed by atoms with Gasteiger partial charge in [0, 0.05) is 29.7 Å². The fourth-order valence-corrected chi connectivity index (χ4v) is 5.84. The van der Waals surface area contributed by atoms with Gasteiger partial charge in [0.2, 0.25) is 0 Å². The van der Waals surface area contributed by atoms with Crippen LogP contribution in [0.3, 0.4) is 0 Å². The van der Waals surface area contributed by atoms with E-state index in [4.69, 9.17) is 24.7 Å². The molecule has 1 N–H and O–H groups in total. The number of nitrogens with zero attached hydrogens (tertiary/aromatic N) is 4. The minimum absolute atomic E-state index is 0. The van der Waals surface area contributed by atoms with Crippen LogP contribution in [0, 0.1) is 18.8 Å². The maximum Gasteiger partial charge on any atom is 2.00 e. The van der Waals surface area contributed by atoms with Crippen LogP contribution >= 0.6 is 0 Å². The number of esters is 1. The fourth-order valence-electron chi connectivity index (χ4n) is 5.84. The van der Waals surface area contributed by atoms with Crippen molar-refractivity contribution >= 4 is 35.3 Å². The van der Waals surface area contributed by atoms with Gasteiger partial charge in [-0.05, 0) is 73.6 Å². The Kier molecular flexibility index (Phi) is 9.10. The van der Waals surface area contributed by atoms with E-state index in [1.54, 1.807) is 0 Å². The van der Waals surface area contributed by atoms with Crippen molar-refractivity contribution in [3.8, 4) is 0 Å². The molecular formula is C32H34N4O4Zn. The first-order valence-corrected chi connectivity index (χ1v) is 13.7. The molecule has 0 spiro atoms. The molecule has 9 heteroatoms. The number of allylic oxidation sites excluding steroid dienone is 7. The quantitative estimate of drug-likeness (QED) is 0.315. The molecule has 4 aliphatic heterocycles. The third-order valence-corrected chi connectivity index (χ3v) is 8.42. The van der Waals surface area contributed by atoms with Crippen LogP contribution in [0.2, 0.25) is 0 Å². The van der Waals surface area contributed by atoms with Gasteiger partial charge in [-0.25, -0.2) is 9.98 Å². The van der Waals surface area contributed by atoms with Crippen LogP contribution in [-0.4, -0.2) is 35.3 Å². The summed E-state index contributed by atoms with van der Waals surface area (Å²) in [7, 11) is 1.39. The van der Waals surface area contributed by atoms with Crippen LogP contribution in [0.4, 0.5) is 0 Å². The summed E-state index contributed by atoms with van der Waals surface area (Å²) in [6.45, 7) is 9.93. The van der Waals surface area contributed by atoms with Crippen LogP contribution < -0.4 is 20.8 Å². The van der Waals surface area contributed by atoms with Gasteiger partial charge in [0.15, 0.2) is 0 Å². The van der Waals surface area contributed by atoms with Gasteiger partial charge >= 0.3 is 25.4 Å². The molecule has 0 saturated heterocycles. The van der Waals surface area contributed by atoms with Crippen LogP contribution in [0.15, 0.2) is 72.8 Å². The van der Waals surface area contributed by atoms with Gasteiger partial charge in [-0.1, -0.05) is 31.6 Å². The van der Waals surface area contributed by atoms with Crippen molar-refractivity contribution in [2.75, 3.05) is 7.11 Å². The molecule has 8 bridgehead atoms. The van der Waals surface area contributed by atoms with Gasteiger partial charge in [0.05, 0.1) is 36.5 Å². The normalized spacial score (nSPS) is 22.4. The number of hydrogen-bond acceptors (Lipinski definition) is 7. The SMILES string of the molecule is CCC1=C(C)C2=NC1=CC1=C(C)/C(=C\[O-])C(=N1)C=C1N=C(C=c3[n-]c(c(CO)c3C)=C2)[C@@H](C)[C@@H]1CCC(=O)OC.[Zn+2]. The maximum atomic E-state index is 12.2. The van der Waals surface area contributed by atoms with E-state index in [2.05, 4.69) is 13.8 Å². The van der Waals surface area contributed by atoms with Crippen molar-refractivity contribution in [1.29, 1.82) is 0 Å². The molecule has 208 valence electrons. The largest absolute Gasteiger partial charge is 2.00 e. The summed E-state index contributed by atoms with van der Waals surface area (Å²) in [6.07, 6.45) is 10.1. The average Bonchev–Trinajstić information content (AvgIpc) is 3.60. The Hall–Kier alpha value is -3.42. The number of hydrogen-bond donors (Lipinski definition) is 1. The fraction of sp³-hybridized carbons (Fsp3) is 0.375. The third-order valence-electron chi connectivity index (χ3n) is 8.42. The molecule has 0 amide bonds. The number of carbonyl (C=O) groups excluding carboxylic acids is 1. The van der Waals surface area contributed by atoms with Crippen molar-refractivity contribution in [1.82, 2.24) is 4.98 Å². The number of methoxy groups -OCH3 is 1. The second-order valence-corrected chi connectivity index (χ2v) is 10.6. The predicted octanol–water partition coefficient (Wildman–Crippen LogP) is 2.60. The van der Waals surface area contributed by atoms with Crippen molar-refractivity contribution in [2.45, 2.75) is 60.5 Å². The van der Waals surface area contributed by atoms with E-state index in [0.717, 1.165) is 68.7 Å². The number of carbonyl (C=O) groups is 1. The second-order valence-electron chi connectivity index (χ2n) is 10.6. The Balaban J connectivity index is 0.00000387. The van der Waals surface area contributed by atoms with Gasteiger partial charge in [0.25, 0.3) is 0 Å². The Morgan fingerprint density at radius 3 is 2.49 bits per heavy atom. The Labute approximate surface area is 252 Å². The molecule has 0 aliphatic carbocycles. The Morgan fingerprint density at radius 1 is 1.07 bits per heavy atom. The summed E-state index contributed by atoms with van der Waals surface area (Å²) in [5.74, 6) is -0.362. The molecule has 41 heavy (non-hydrogen) atoms. The van der Waals surface area contributed by atoms with Crippen LogP contribution in [0.1, 0.15) is 58.1 Å². The van der Waals surface area contributed by atoms with Gasteiger partial charge in [-0.2, -0.15) is 0 Å². The van der Waals surface area contributed by atoms with E-state index in [0.29, 0.717) is 28.8 Å². The molecule has 0 saturated carbocycles. The summed E-state index contributed by atoms with van der Waals surface area (Å²) < 4.78 is 4.90. The first-order chi connectivity index (χ1) is 19.2. The van der Waals surface area contributed by atoms with Gasteiger partial charge < -0.3 is 19.9 Å². The molecule has 1 aromatic heterocycles. The van der Waals surface area contributed by atoms with Gasteiger partial charge in [0.1, 0.15) is 0 Å². The van der Waals surface area contributed by atoms with Gasteiger partial charge in [-0.15, -0.1) is 17.0 Å². The predicted molar refractivity (Wildman–Crippen MR) is 155 cm³/mol. The molecule has 5 heterocycles. The van der Waals surface area contributed by atoms with E-state index in [-0.39, 0.29) is 50.3 Å². The zero-order chi connectivity index (χ0) is 28.7. The molecule has 0 aromatic carbocycles. The molecule has 2 atom stereocenters. The van der Waals surface area contributed by atoms with E-state index < -0.39 is 0 Å². The van der Waals surface area contributed by atoms with Crippen molar-refractivity contribution < 1.29 is 39.2 Å². The first kappa shape index (κ1) is 30.5. The monoisotopic (exact) mass is 602 g/mol. The van der Waals surface area contributed by atoms with Crippen LogP contribution in [0.25, 0.3) is 12.2 Å². The summed E-state index contributed by atoms with van der Waals surface area (Å²) in [4.78, 5) is 31.7. The van der Waals surface area contributed by atoms with E-state index in [1.807, 2.05) is 45.1 Å². The molecule has 1 aromatic rings. The topological polar surface area (TPSA) is 121 Å². The van der Waals surface area contributed by atoms with Crippen LogP contribution in [-0.2, 0) is 35.6 Å². The van der Waals surface area contributed by atoms with Crippen LogP contribution in [0.5, 0.6) is 0 Å². The molecular weight excluding hydrogens is 570 g/mol. The van der Waals surface area contributed by atoms with Crippen molar-refractivity contribution in [3.63, 3.8) is 0 Å². The number of aliphatic hydroxyl groups excluding tert-OH is 1. The number of fused-ring (bicyclic) bond motifs is 5. The van der Waals surface area contributed by atoms with Crippen molar-refractivity contribution in [2.24, 2.45) is 26.8 Å². The standard InChI is InChI=1S/C32H35N4O4.Zn/c1-7-20-16(2)26-12-30-22(14-37)18(4)25(35-30)10-24-17(3)21(8-9-32(39)40-6)29(34-24)13-31-23(15-38)19(5)27(36-31)11-28(20)33-26;/h10-13,15,17,21,37H,7-9,14H2,1-6H3,(H-,33,34,35,36,38);/q-1;+2/p-1/t17-,21-;/m0./s1. The van der Waals surface area contributed by atoms with Gasteiger partial charge in [-0.3, -0.25) is 9.79 Å². The smallest absolute Gasteiger partial charge is 0.877 e. The zero-order valence-corrected chi connectivity index (χ0v) is 27.5. The number of aromatic nitrogens is 1. The third kappa shape index (κ3) is 5.45. The zero-order valence-electron chi connectivity index (χ0n) is 24.5. The molecule has 0 fully saturated rings. The molecule has 0 radical (unpaired) electrons. The van der Waals surface area contributed by atoms with E-state index in [9.17, 15) is 15.0 Å². The Morgan fingerprint density at radius 2 is 1.83 bits per heavy atom. The summed E-state index contributed by atoms with van der Waals surface area (Å²) in [6, 6.07) is 0. The number of aliphatic imine (C=N–C) groups is 3. The summed E-state index contributed by atoms with van der Waals surface area (Å²) in [5.41, 5.74) is 9.56. The van der Waals surface area contributed by atoms with E-state index in [1.165, 1.54) is 7.11 Å². The second kappa shape index (κ2) is 12.2. The summed E-state index contributed by atoms with van der Waals surface area (Å²) in [5, 5.41) is 23.9. The number of ether oxygens (including phenoxy) is 1.